The molecule has 1 aliphatic rings. The molecule has 0 spiro atoms. The van der Waals surface area contributed by atoms with Crippen molar-refractivity contribution in [2.75, 3.05) is 31.3 Å². The summed E-state index contributed by atoms with van der Waals surface area (Å²) >= 11 is 0. The molecule has 116 valence electrons. The lowest BCUT2D eigenvalue weighted by atomic mass is 10.0. The first-order valence-corrected chi connectivity index (χ1v) is 8.58. The maximum absolute atomic E-state index is 11.7. The van der Waals surface area contributed by atoms with Crippen LogP contribution in [0.5, 0.6) is 0 Å². The summed E-state index contributed by atoms with van der Waals surface area (Å²) in [5.41, 5.74) is -0.138. The first kappa shape index (κ1) is 15.7. The second kappa shape index (κ2) is 6.40. The second-order valence-electron chi connectivity index (χ2n) is 5.12. The quantitative estimate of drug-likeness (QED) is 0.657. The van der Waals surface area contributed by atoms with Crippen molar-refractivity contribution in [3.8, 4) is 0 Å². The summed E-state index contributed by atoms with van der Waals surface area (Å²) in [5, 5.41) is 14.2. The largest absolute Gasteiger partial charge is 0.381 e. The Morgan fingerprint density at radius 1 is 1.38 bits per heavy atom. The van der Waals surface area contributed by atoms with E-state index in [1.54, 1.807) is 0 Å². The van der Waals surface area contributed by atoms with E-state index < -0.39 is 14.8 Å². The normalized spacial score (nSPS) is 16.6. The first-order chi connectivity index (χ1) is 9.89. The first-order valence-electron chi connectivity index (χ1n) is 6.68. The molecule has 1 aromatic rings. The molecule has 0 aliphatic carbocycles. The van der Waals surface area contributed by atoms with Crippen LogP contribution < -0.4 is 5.32 Å². The van der Waals surface area contributed by atoms with Crippen LogP contribution in [0.1, 0.15) is 12.8 Å². The van der Waals surface area contributed by atoms with Gasteiger partial charge in [-0.15, -0.1) is 0 Å². The molecule has 0 bridgehead atoms. The summed E-state index contributed by atoms with van der Waals surface area (Å²) in [6.45, 7) is 1.95. The smallest absolute Gasteiger partial charge is 0.310 e. The number of anilines is 1. The predicted octanol–water partition coefficient (Wildman–Crippen LogP) is 1.84. The summed E-state index contributed by atoms with van der Waals surface area (Å²) in [5.74, 6) is 0.375. The van der Waals surface area contributed by atoms with Gasteiger partial charge in [-0.1, -0.05) is 6.07 Å². The molecule has 1 heterocycles. The molecule has 2 rings (SSSR count). The van der Waals surface area contributed by atoms with Gasteiger partial charge in [-0.25, -0.2) is 8.42 Å². The third-order valence-corrected chi connectivity index (χ3v) is 4.63. The van der Waals surface area contributed by atoms with E-state index in [2.05, 4.69) is 5.32 Å². The number of nitrogens with one attached hydrogen (secondary N) is 1. The Balaban J connectivity index is 2.24. The molecule has 0 amide bonds. The van der Waals surface area contributed by atoms with Crippen LogP contribution in [-0.2, 0) is 14.6 Å². The minimum atomic E-state index is -3.65. The molecular weight excluding hydrogens is 296 g/mol. The second-order valence-corrected chi connectivity index (χ2v) is 7.10. The highest BCUT2D eigenvalue weighted by molar-refractivity contribution is 7.90. The molecular formula is C13H18N2O5S. The maximum Gasteiger partial charge on any atom is 0.310 e. The van der Waals surface area contributed by atoms with Crippen molar-refractivity contribution < 1.29 is 18.1 Å². The number of sulfone groups is 1. The van der Waals surface area contributed by atoms with Gasteiger partial charge in [0.25, 0.3) is 0 Å². The highest BCUT2D eigenvalue weighted by Gasteiger charge is 2.26. The fourth-order valence-electron chi connectivity index (χ4n) is 2.36. The third-order valence-electron chi connectivity index (χ3n) is 3.50. The van der Waals surface area contributed by atoms with Crippen LogP contribution in [0, 0.1) is 16.0 Å². The SMILES string of the molecule is CS(=O)(=O)c1cccc(NCC2CCOCC2)c1[N+](=O)[O-]. The fraction of sp³-hybridized carbons (Fsp3) is 0.538. The maximum atomic E-state index is 11.7. The summed E-state index contributed by atoms with van der Waals surface area (Å²) < 4.78 is 28.6. The van der Waals surface area contributed by atoms with E-state index in [4.69, 9.17) is 4.74 Å². The van der Waals surface area contributed by atoms with Crippen LogP contribution in [0.3, 0.4) is 0 Å². The highest BCUT2D eigenvalue weighted by Crippen LogP contribution is 2.32. The average Bonchev–Trinajstić information content (AvgIpc) is 2.44. The van der Waals surface area contributed by atoms with Gasteiger partial charge in [-0.3, -0.25) is 10.1 Å². The van der Waals surface area contributed by atoms with Crippen LogP contribution in [0.25, 0.3) is 0 Å². The average molecular weight is 314 g/mol. The topological polar surface area (TPSA) is 98.5 Å². The van der Waals surface area contributed by atoms with Crippen molar-refractivity contribution in [2.24, 2.45) is 5.92 Å². The van der Waals surface area contributed by atoms with E-state index in [0.717, 1.165) is 19.1 Å². The van der Waals surface area contributed by atoms with E-state index in [9.17, 15) is 18.5 Å². The van der Waals surface area contributed by atoms with E-state index >= 15 is 0 Å². The lowest BCUT2D eigenvalue weighted by Crippen LogP contribution is -2.23. The van der Waals surface area contributed by atoms with E-state index in [1.165, 1.54) is 18.2 Å². The number of hydrogen-bond acceptors (Lipinski definition) is 6. The molecule has 21 heavy (non-hydrogen) atoms. The molecule has 8 heteroatoms. The molecule has 0 unspecified atom stereocenters. The van der Waals surface area contributed by atoms with Gasteiger partial charge in [0.1, 0.15) is 10.6 Å². The number of nitro benzene ring substituents is 1. The van der Waals surface area contributed by atoms with Gasteiger partial charge in [0.2, 0.25) is 0 Å². The van der Waals surface area contributed by atoms with Gasteiger partial charge >= 0.3 is 5.69 Å². The molecule has 1 aliphatic heterocycles. The van der Waals surface area contributed by atoms with Crippen molar-refractivity contribution in [3.63, 3.8) is 0 Å². The highest BCUT2D eigenvalue weighted by atomic mass is 32.2. The number of hydrogen-bond donors (Lipinski definition) is 1. The van der Waals surface area contributed by atoms with E-state index in [0.29, 0.717) is 25.7 Å². The lowest BCUT2D eigenvalue weighted by molar-refractivity contribution is -0.386. The van der Waals surface area contributed by atoms with E-state index in [-0.39, 0.29) is 16.3 Å². The monoisotopic (exact) mass is 314 g/mol. The summed E-state index contributed by atoms with van der Waals surface area (Å²) in [4.78, 5) is 10.3. The Labute approximate surface area is 123 Å². The fourth-order valence-corrected chi connectivity index (χ4v) is 3.22. The predicted molar refractivity (Wildman–Crippen MR) is 78.2 cm³/mol. The van der Waals surface area contributed by atoms with Crippen LogP contribution in [0.2, 0.25) is 0 Å². The van der Waals surface area contributed by atoms with Gasteiger partial charge < -0.3 is 10.1 Å². The third kappa shape index (κ3) is 3.92. The molecule has 0 aromatic heterocycles. The van der Waals surface area contributed by atoms with Crippen molar-refractivity contribution in [2.45, 2.75) is 17.7 Å². The van der Waals surface area contributed by atoms with Gasteiger partial charge in [0, 0.05) is 26.0 Å². The number of benzene rings is 1. The zero-order chi connectivity index (χ0) is 15.5. The molecule has 0 radical (unpaired) electrons. The van der Waals surface area contributed by atoms with Crippen LogP contribution >= 0.6 is 0 Å². The summed E-state index contributed by atoms with van der Waals surface area (Å²) in [7, 11) is -3.65. The number of nitro groups is 1. The molecule has 0 saturated carbocycles. The minimum absolute atomic E-state index is 0.245. The van der Waals surface area contributed by atoms with E-state index in [1.807, 2.05) is 0 Å². The van der Waals surface area contributed by atoms with Crippen molar-refractivity contribution >= 4 is 21.2 Å². The summed E-state index contributed by atoms with van der Waals surface area (Å²) in [6.07, 6.45) is 2.76. The van der Waals surface area contributed by atoms with Crippen LogP contribution in [0.15, 0.2) is 23.1 Å². The number of rotatable bonds is 5. The Hall–Kier alpha value is -1.67. The standard InChI is InChI=1S/C13H18N2O5S/c1-21(18,19)12-4-2-3-11(13(12)15(16)17)14-9-10-5-7-20-8-6-10/h2-4,10,14H,5-9H2,1H3. The van der Waals surface area contributed by atoms with Gasteiger partial charge in [0.05, 0.1) is 4.92 Å². The lowest BCUT2D eigenvalue weighted by Gasteiger charge is -2.22. The Morgan fingerprint density at radius 2 is 2.05 bits per heavy atom. The molecule has 0 atom stereocenters. The molecule has 1 aromatic carbocycles. The van der Waals surface area contributed by atoms with Crippen LogP contribution in [-0.4, -0.2) is 39.4 Å². The number of ether oxygens (including phenoxy) is 1. The zero-order valence-electron chi connectivity index (χ0n) is 11.7. The minimum Gasteiger partial charge on any atom is -0.381 e. The van der Waals surface area contributed by atoms with Gasteiger partial charge in [-0.2, -0.15) is 0 Å². The van der Waals surface area contributed by atoms with Gasteiger partial charge in [-0.05, 0) is 30.9 Å². The summed E-state index contributed by atoms with van der Waals surface area (Å²) in [6, 6.07) is 4.30. The zero-order valence-corrected chi connectivity index (χ0v) is 12.6. The molecule has 7 nitrogen and oxygen atoms in total. The number of nitrogens with zero attached hydrogens (tertiary/aromatic N) is 1. The number of para-hydroxylation sites is 1. The Kier molecular flexibility index (Phi) is 4.79. The van der Waals surface area contributed by atoms with Crippen molar-refractivity contribution in [1.82, 2.24) is 0 Å². The molecule has 1 fully saturated rings. The Morgan fingerprint density at radius 3 is 2.62 bits per heavy atom. The molecule has 1 N–H and O–H groups in total. The Bertz CT molecular complexity index is 623. The van der Waals surface area contributed by atoms with Crippen molar-refractivity contribution in [1.29, 1.82) is 0 Å². The molecule has 1 saturated heterocycles. The van der Waals surface area contributed by atoms with Gasteiger partial charge in [0.15, 0.2) is 9.84 Å². The van der Waals surface area contributed by atoms with Crippen molar-refractivity contribution in [3.05, 3.63) is 28.3 Å². The van der Waals surface area contributed by atoms with Crippen LogP contribution in [0.4, 0.5) is 11.4 Å².